The average Bonchev–Trinajstić information content (AvgIpc) is 2.74. The predicted molar refractivity (Wildman–Crippen MR) is 92.6 cm³/mol. The van der Waals surface area contributed by atoms with Crippen molar-refractivity contribution in [3.8, 4) is 5.75 Å². The molecule has 2 aliphatic heterocycles. The second kappa shape index (κ2) is 4.62. The van der Waals surface area contributed by atoms with Gasteiger partial charge in [0.1, 0.15) is 5.75 Å². The number of nitrogens with zero attached hydrogens (tertiary/aromatic N) is 1. The summed E-state index contributed by atoms with van der Waals surface area (Å²) in [6, 6.07) is 14.3. The SMILES string of the molecule is CN1c2ccccc2C(C)(C)[C@]12C=Cc1cc(CO)ccc1O2. The number of para-hydroxylation sites is 1. The Kier molecular flexibility index (Phi) is 2.88. The number of likely N-dealkylation sites (N-methyl/N-ethyl adjacent to an activating group) is 1. The summed E-state index contributed by atoms with van der Waals surface area (Å²) in [5.74, 6) is 0.859. The highest BCUT2D eigenvalue weighted by molar-refractivity contribution is 5.72. The number of hydrogen-bond acceptors (Lipinski definition) is 3. The van der Waals surface area contributed by atoms with Crippen LogP contribution in [0.15, 0.2) is 48.5 Å². The van der Waals surface area contributed by atoms with Crippen molar-refractivity contribution in [2.45, 2.75) is 31.6 Å². The molecule has 3 heteroatoms. The normalized spacial score (nSPS) is 23.6. The quantitative estimate of drug-likeness (QED) is 0.872. The van der Waals surface area contributed by atoms with Gasteiger partial charge in [0.2, 0.25) is 5.72 Å². The fourth-order valence-electron chi connectivity index (χ4n) is 3.93. The van der Waals surface area contributed by atoms with Crippen molar-refractivity contribution in [2.75, 3.05) is 11.9 Å². The van der Waals surface area contributed by atoms with Gasteiger partial charge < -0.3 is 14.7 Å². The molecule has 0 saturated heterocycles. The van der Waals surface area contributed by atoms with E-state index in [-0.39, 0.29) is 12.0 Å². The lowest BCUT2D eigenvalue weighted by molar-refractivity contribution is 0.0581. The lowest BCUT2D eigenvalue weighted by Gasteiger charge is -2.45. The van der Waals surface area contributed by atoms with E-state index in [4.69, 9.17) is 4.74 Å². The zero-order valence-corrected chi connectivity index (χ0v) is 13.7. The molecule has 2 heterocycles. The van der Waals surface area contributed by atoms with Crippen molar-refractivity contribution in [3.05, 3.63) is 65.2 Å². The van der Waals surface area contributed by atoms with Gasteiger partial charge >= 0.3 is 0 Å². The summed E-state index contributed by atoms with van der Waals surface area (Å²) in [6.45, 7) is 4.50. The minimum atomic E-state index is -0.537. The van der Waals surface area contributed by atoms with Crippen LogP contribution < -0.4 is 9.64 Å². The van der Waals surface area contributed by atoms with Gasteiger partial charge in [-0.1, -0.05) is 24.3 Å². The summed E-state index contributed by atoms with van der Waals surface area (Å²) in [5, 5.41) is 9.31. The molecule has 0 aromatic heterocycles. The molecule has 0 unspecified atom stereocenters. The maximum Gasteiger partial charge on any atom is 0.211 e. The molecule has 1 N–H and O–H groups in total. The van der Waals surface area contributed by atoms with Crippen LogP contribution in [0.3, 0.4) is 0 Å². The predicted octanol–water partition coefficient (Wildman–Crippen LogP) is 3.71. The molecule has 1 spiro atoms. The van der Waals surface area contributed by atoms with E-state index in [0.717, 1.165) is 16.9 Å². The number of ether oxygens (including phenoxy) is 1. The first-order valence-electron chi connectivity index (χ1n) is 7.95. The van der Waals surface area contributed by atoms with Crippen LogP contribution in [0.25, 0.3) is 6.08 Å². The molecule has 0 saturated carbocycles. The molecule has 0 aliphatic carbocycles. The molecule has 2 aliphatic rings. The van der Waals surface area contributed by atoms with Gasteiger partial charge in [-0.3, -0.25) is 0 Å². The van der Waals surface area contributed by atoms with Crippen LogP contribution in [0.2, 0.25) is 0 Å². The largest absolute Gasteiger partial charge is 0.463 e. The first-order valence-corrected chi connectivity index (χ1v) is 7.95. The van der Waals surface area contributed by atoms with Crippen LogP contribution >= 0.6 is 0 Å². The summed E-state index contributed by atoms with van der Waals surface area (Å²) in [6.07, 6.45) is 4.26. The fourth-order valence-corrected chi connectivity index (χ4v) is 3.93. The van der Waals surface area contributed by atoms with Crippen LogP contribution in [-0.2, 0) is 12.0 Å². The van der Waals surface area contributed by atoms with E-state index in [0.29, 0.717) is 0 Å². The highest BCUT2D eigenvalue weighted by Crippen LogP contribution is 2.54. The minimum Gasteiger partial charge on any atom is -0.463 e. The number of benzene rings is 2. The summed E-state index contributed by atoms with van der Waals surface area (Å²) in [4.78, 5) is 2.22. The van der Waals surface area contributed by atoms with Crippen LogP contribution in [0.4, 0.5) is 5.69 Å². The van der Waals surface area contributed by atoms with Gasteiger partial charge in [-0.25, -0.2) is 0 Å². The fraction of sp³-hybridized carbons (Fsp3) is 0.300. The smallest absolute Gasteiger partial charge is 0.211 e. The third kappa shape index (κ3) is 1.74. The van der Waals surface area contributed by atoms with E-state index < -0.39 is 5.72 Å². The van der Waals surface area contributed by atoms with Gasteiger partial charge in [-0.15, -0.1) is 0 Å². The Morgan fingerprint density at radius 3 is 2.65 bits per heavy atom. The molecule has 3 nitrogen and oxygen atoms in total. The van der Waals surface area contributed by atoms with E-state index in [1.165, 1.54) is 11.3 Å². The lowest BCUT2D eigenvalue weighted by Crippen LogP contribution is -2.58. The molecule has 118 valence electrons. The first kappa shape index (κ1) is 14.3. The molecule has 23 heavy (non-hydrogen) atoms. The zero-order chi connectivity index (χ0) is 16.2. The maximum absolute atomic E-state index is 9.31. The number of rotatable bonds is 1. The Balaban J connectivity index is 1.85. The summed E-state index contributed by atoms with van der Waals surface area (Å²) in [5.41, 5.74) is 3.70. The van der Waals surface area contributed by atoms with E-state index in [1.54, 1.807) is 0 Å². The number of hydrogen-bond donors (Lipinski definition) is 1. The highest BCUT2D eigenvalue weighted by Gasteiger charge is 2.57. The van der Waals surface area contributed by atoms with E-state index >= 15 is 0 Å². The molecular weight excluding hydrogens is 286 g/mol. The van der Waals surface area contributed by atoms with Gasteiger partial charge in [0.15, 0.2) is 0 Å². The first-order chi connectivity index (χ1) is 11.0. The topological polar surface area (TPSA) is 32.7 Å². The lowest BCUT2D eigenvalue weighted by atomic mass is 9.76. The second-order valence-electron chi connectivity index (χ2n) is 6.86. The van der Waals surface area contributed by atoms with Crippen molar-refractivity contribution in [1.29, 1.82) is 0 Å². The van der Waals surface area contributed by atoms with Crippen molar-refractivity contribution >= 4 is 11.8 Å². The van der Waals surface area contributed by atoms with E-state index in [9.17, 15) is 5.11 Å². The van der Waals surface area contributed by atoms with Gasteiger partial charge in [0.05, 0.1) is 12.0 Å². The Morgan fingerprint density at radius 2 is 1.91 bits per heavy atom. The van der Waals surface area contributed by atoms with Gasteiger partial charge in [-0.2, -0.15) is 0 Å². The molecular formula is C20H21NO2. The van der Waals surface area contributed by atoms with Crippen LogP contribution in [0, 0.1) is 0 Å². The molecule has 2 aromatic rings. The second-order valence-corrected chi connectivity index (χ2v) is 6.86. The zero-order valence-electron chi connectivity index (χ0n) is 13.7. The van der Waals surface area contributed by atoms with E-state index in [1.807, 2.05) is 18.2 Å². The van der Waals surface area contributed by atoms with Crippen LogP contribution in [-0.4, -0.2) is 17.9 Å². The van der Waals surface area contributed by atoms with Gasteiger partial charge in [-0.05, 0) is 55.3 Å². The van der Waals surface area contributed by atoms with Crippen molar-refractivity contribution < 1.29 is 9.84 Å². The van der Waals surface area contributed by atoms with Crippen molar-refractivity contribution in [1.82, 2.24) is 0 Å². The van der Waals surface area contributed by atoms with Crippen LogP contribution in [0.1, 0.15) is 30.5 Å². The molecule has 0 fully saturated rings. The van der Waals surface area contributed by atoms with Gasteiger partial charge in [0.25, 0.3) is 0 Å². The van der Waals surface area contributed by atoms with E-state index in [2.05, 4.69) is 62.2 Å². The average molecular weight is 307 g/mol. The highest BCUT2D eigenvalue weighted by atomic mass is 16.5. The Labute approximate surface area is 136 Å². The number of anilines is 1. The maximum atomic E-state index is 9.31. The molecule has 2 aromatic carbocycles. The third-order valence-electron chi connectivity index (χ3n) is 5.34. The number of fused-ring (bicyclic) bond motifs is 2. The summed E-state index contributed by atoms with van der Waals surface area (Å²) in [7, 11) is 2.09. The molecule has 1 atom stereocenters. The molecule has 4 rings (SSSR count). The number of aliphatic hydroxyl groups is 1. The Bertz CT molecular complexity index is 809. The Hall–Kier alpha value is -2.26. The summed E-state index contributed by atoms with van der Waals surface area (Å²) < 4.78 is 6.55. The molecule has 0 amide bonds. The number of aliphatic hydroxyl groups excluding tert-OH is 1. The van der Waals surface area contributed by atoms with Gasteiger partial charge in [0, 0.05) is 18.3 Å². The van der Waals surface area contributed by atoms with Crippen LogP contribution in [0.5, 0.6) is 5.75 Å². The third-order valence-corrected chi connectivity index (χ3v) is 5.34. The van der Waals surface area contributed by atoms with Crippen molar-refractivity contribution in [2.24, 2.45) is 0 Å². The molecule has 0 radical (unpaired) electrons. The molecule has 0 bridgehead atoms. The minimum absolute atomic E-state index is 0.0447. The standard InChI is InChI=1S/C20H21NO2/c1-19(2)16-6-4-5-7-17(16)21(3)20(19)11-10-15-12-14(13-22)8-9-18(15)23-20/h4-12,22H,13H2,1-3H3/t20-/m1/s1. The monoisotopic (exact) mass is 307 g/mol. The van der Waals surface area contributed by atoms with Crippen molar-refractivity contribution in [3.63, 3.8) is 0 Å². The summed E-state index contributed by atoms with van der Waals surface area (Å²) >= 11 is 0. The Morgan fingerprint density at radius 1 is 1.13 bits per heavy atom.